The Balaban J connectivity index is 1.89. The van der Waals surface area contributed by atoms with Crippen LogP contribution in [0.25, 0.3) is 0 Å². The highest BCUT2D eigenvalue weighted by Gasteiger charge is 2.31. The number of aromatic amines is 1. The van der Waals surface area contributed by atoms with Crippen LogP contribution >= 0.6 is 0 Å². The molecule has 0 aliphatic carbocycles. The summed E-state index contributed by atoms with van der Waals surface area (Å²) in [5, 5.41) is 7.22. The summed E-state index contributed by atoms with van der Waals surface area (Å²) in [6.07, 6.45) is 1.23. The van der Waals surface area contributed by atoms with Crippen molar-refractivity contribution in [3.05, 3.63) is 17.0 Å². The minimum Gasteiger partial charge on any atom is -0.385 e. The van der Waals surface area contributed by atoms with Gasteiger partial charge >= 0.3 is 0 Å². The van der Waals surface area contributed by atoms with E-state index in [0.717, 1.165) is 23.4 Å². The van der Waals surface area contributed by atoms with Gasteiger partial charge in [0.25, 0.3) is 0 Å². The zero-order valence-corrected chi connectivity index (χ0v) is 14.3. The third-order valence-electron chi connectivity index (χ3n) is 4.06. The van der Waals surface area contributed by atoms with E-state index in [9.17, 15) is 4.79 Å². The number of carbonyl (C=O) groups is 1. The molecule has 0 spiro atoms. The van der Waals surface area contributed by atoms with Crippen molar-refractivity contribution in [2.45, 2.75) is 32.7 Å². The number of ether oxygens (including phenoxy) is 3. The van der Waals surface area contributed by atoms with Gasteiger partial charge in [-0.1, -0.05) is 0 Å². The number of morpholine rings is 1. The molecule has 1 aliphatic heterocycles. The van der Waals surface area contributed by atoms with Gasteiger partial charge < -0.3 is 19.1 Å². The van der Waals surface area contributed by atoms with Crippen LogP contribution in [-0.4, -0.2) is 67.7 Å². The molecule has 1 atom stereocenters. The van der Waals surface area contributed by atoms with Gasteiger partial charge in [0.2, 0.25) is 5.91 Å². The van der Waals surface area contributed by atoms with Gasteiger partial charge in [-0.25, -0.2) is 0 Å². The fourth-order valence-corrected chi connectivity index (χ4v) is 2.90. The molecule has 1 aromatic rings. The second-order valence-corrected chi connectivity index (χ2v) is 5.73. The molecule has 1 fully saturated rings. The maximum absolute atomic E-state index is 12.6. The quantitative estimate of drug-likeness (QED) is 0.731. The molecule has 0 bridgehead atoms. The number of hydrogen-bond acceptors (Lipinski definition) is 5. The predicted octanol–water partition coefficient (Wildman–Crippen LogP) is 1.37. The highest BCUT2D eigenvalue weighted by molar-refractivity contribution is 5.77. The van der Waals surface area contributed by atoms with Gasteiger partial charge in [-0.2, -0.15) is 5.10 Å². The van der Waals surface area contributed by atoms with E-state index in [1.165, 1.54) is 0 Å². The van der Waals surface area contributed by atoms with E-state index in [2.05, 4.69) is 10.2 Å². The Kier molecular flexibility index (Phi) is 7.01. The molecule has 1 unspecified atom stereocenters. The number of methoxy groups -OCH3 is 1. The number of nitrogens with zero attached hydrogens (tertiary/aromatic N) is 2. The van der Waals surface area contributed by atoms with Crippen LogP contribution in [0, 0.1) is 13.8 Å². The molecule has 1 saturated heterocycles. The number of amides is 1. The van der Waals surface area contributed by atoms with Crippen molar-refractivity contribution in [3.8, 4) is 0 Å². The van der Waals surface area contributed by atoms with Gasteiger partial charge in [0, 0.05) is 38.1 Å². The van der Waals surface area contributed by atoms with Crippen molar-refractivity contribution in [3.63, 3.8) is 0 Å². The molecule has 0 radical (unpaired) electrons. The molecule has 130 valence electrons. The molecule has 1 aromatic heterocycles. The maximum atomic E-state index is 12.6. The Hall–Kier alpha value is -1.44. The lowest BCUT2D eigenvalue weighted by Crippen LogP contribution is -2.44. The summed E-state index contributed by atoms with van der Waals surface area (Å²) in [5.41, 5.74) is 2.98. The average Bonchev–Trinajstić information content (AvgIpc) is 2.89. The van der Waals surface area contributed by atoms with Crippen LogP contribution in [0.5, 0.6) is 0 Å². The highest BCUT2D eigenvalue weighted by atomic mass is 16.5. The SMILES string of the molecule is COCCCOCCC(=O)N1CCOCC1c1c(C)n[nH]c1C. The minimum atomic E-state index is -0.0662. The Morgan fingerprint density at radius 3 is 2.91 bits per heavy atom. The number of rotatable bonds is 8. The first kappa shape index (κ1) is 17.9. The molecule has 0 saturated carbocycles. The third-order valence-corrected chi connectivity index (χ3v) is 4.06. The molecule has 7 heteroatoms. The number of hydrogen-bond donors (Lipinski definition) is 1. The van der Waals surface area contributed by atoms with Crippen LogP contribution in [0.1, 0.15) is 35.8 Å². The van der Waals surface area contributed by atoms with Crippen molar-refractivity contribution in [2.75, 3.05) is 46.7 Å². The van der Waals surface area contributed by atoms with Gasteiger partial charge in [0.1, 0.15) is 0 Å². The fraction of sp³-hybridized carbons (Fsp3) is 0.750. The topological polar surface area (TPSA) is 76.7 Å². The van der Waals surface area contributed by atoms with E-state index >= 15 is 0 Å². The van der Waals surface area contributed by atoms with E-state index in [0.29, 0.717) is 46.0 Å². The number of aryl methyl sites for hydroxylation is 2. The van der Waals surface area contributed by atoms with Gasteiger partial charge in [0.05, 0.1) is 38.0 Å². The summed E-state index contributed by atoms with van der Waals surface area (Å²) < 4.78 is 16.0. The molecule has 1 N–H and O–H groups in total. The second-order valence-electron chi connectivity index (χ2n) is 5.73. The first-order chi connectivity index (χ1) is 11.1. The summed E-state index contributed by atoms with van der Waals surface area (Å²) in [6, 6.07) is -0.0662. The Morgan fingerprint density at radius 1 is 1.39 bits per heavy atom. The monoisotopic (exact) mass is 325 g/mol. The molecule has 2 rings (SSSR count). The molecule has 0 aromatic carbocycles. The summed E-state index contributed by atoms with van der Waals surface area (Å²) >= 11 is 0. The molecule has 2 heterocycles. The zero-order valence-electron chi connectivity index (χ0n) is 14.3. The predicted molar refractivity (Wildman–Crippen MR) is 85.3 cm³/mol. The largest absolute Gasteiger partial charge is 0.385 e. The lowest BCUT2D eigenvalue weighted by atomic mass is 10.0. The molecule has 1 aliphatic rings. The number of carbonyl (C=O) groups excluding carboxylic acids is 1. The average molecular weight is 325 g/mol. The minimum absolute atomic E-state index is 0.0662. The van der Waals surface area contributed by atoms with E-state index in [-0.39, 0.29) is 11.9 Å². The Morgan fingerprint density at radius 2 is 2.22 bits per heavy atom. The number of nitrogens with one attached hydrogen (secondary N) is 1. The molecule has 23 heavy (non-hydrogen) atoms. The van der Waals surface area contributed by atoms with Crippen molar-refractivity contribution >= 4 is 5.91 Å². The number of H-pyrrole nitrogens is 1. The van der Waals surface area contributed by atoms with Crippen LogP contribution < -0.4 is 0 Å². The Bertz CT molecular complexity index is 484. The van der Waals surface area contributed by atoms with E-state index in [1.807, 2.05) is 18.7 Å². The van der Waals surface area contributed by atoms with Crippen molar-refractivity contribution in [1.29, 1.82) is 0 Å². The van der Waals surface area contributed by atoms with Gasteiger partial charge in [0.15, 0.2) is 0 Å². The Labute approximate surface area is 137 Å². The number of aromatic nitrogens is 2. The van der Waals surface area contributed by atoms with Crippen molar-refractivity contribution < 1.29 is 19.0 Å². The van der Waals surface area contributed by atoms with Crippen LogP contribution in [0.3, 0.4) is 0 Å². The third kappa shape index (κ3) is 4.76. The van der Waals surface area contributed by atoms with E-state index < -0.39 is 0 Å². The first-order valence-electron chi connectivity index (χ1n) is 8.10. The van der Waals surface area contributed by atoms with Gasteiger partial charge in [-0.3, -0.25) is 9.89 Å². The van der Waals surface area contributed by atoms with Crippen molar-refractivity contribution in [1.82, 2.24) is 15.1 Å². The van der Waals surface area contributed by atoms with E-state index in [4.69, 9.17) is 14.2 Å². The van der Waals surface area contributed by atoms with Gasteiger partial charge in [-0.15, -0.1) is 0 Å². The lowest BCUT2D eigenvalue weighted by Gasteiger charge is -2.36. The molecule has 1 amide bonds. The molecular weight excluding hydrogens is 298 g/mol. The van der Waals surface area contributed by atoms with Crippen molar-refractivity contribution in [2.24, 2.45) is 0 Å². The second kappa shape index (κ2) is 9.00. The summed E-state index contributed by atoms with van der Waals surface area (Å²) in [7, 11) is 1.67. The van der Waals surface area contributed by atoms with E-state index in [1.54, 1.807) is 7.11 Å². The normalized spacial score (nSPS) is 18.4. The molecular formula is C16H27N3O4. The highest BCUT2D eigenvalue weighted by Crippen LogP contribution is 2.28. The smallest absolute Gasteiger partial charge is 0.225 e. The van der Waals surface area contributed by atoms with Crippen LogP contribution in [0.15, 0.2) is 0 Å². The lowest BCUT2D eigenvalue weighted by molar-refractivity contribution is -0.141. The zero-order chi connectivity index (χ0) is 16.7. The van der Waals surface area contributed by atoms with Crippen LogP contribution in [-0.2, 0) is 19.0 Å². The summed E-state index contributed by atoms with van der Waals surface area (Å²) in [4.78, 5) is 14.4. The fourth-order valence-electron chi connectivity index (χ4n) is 2.90. The van der Waals surface area contributed by atoms with Crippen LogP contribution in [0.4, 0.5) is 0 Å². The maximum Gasteiger partial charge on any atom is 0.225 e. The standard InChI is InChI=1S/C16H27N3O4/c1-12-16(13(2)18-17-12)14-11-23-10-6-19(14)15(20)5-9-22-8-4-7-21-3/h14H,4-11H2,1-3H3,(H,17,18). The summed E-state index contributed by atoms with van der Waals surface area (Å²) in [5.74, 6) is 0.102. The molecule has 7 nitrogen and oxygen atoms in total. The van der Waals surface area contributed by atoms with Gasteiger partial charge in [-0.05, 0) is 20.3 Å². The summed E-state index contributed by atoms with van der Waals surface area (Å²) in [6.45, 7) is 7.37. The first-order valence-corrected chi connectivity index (χ1v) is 8.10. The van der Waals surface area contributed by atoms with Crippen LogP contribution in [0.2, 0.25) is 0 Å².